The summed E-state index contributed by atoms with van der Waals surface area (Å²) >= 11 is 0. The van der Waals surface area contributed by atoms with Crippen molar-refractivity contribution in [3.8, 4) is 5.75 Å². The van der Waals surface area contributed by atoms with Crippen molar-refractivity contribution in [2.75, 3.05) is 7.05 Å². The number of aryl methyl sites for hydroxylation is 2. The number of likely N-dealkylation sites (N-methyl/N-ethyl adjacent to an activating group) is 1. The van der Waals surface area contributed by atoms with Gasteiger partial charge in [0.25, 0.3) is 0 Å². The minimum atomic E-state index is -0.115. The number of nitrogens with zero attached hydrogens (tertiary/aromatic N) is 2. The number of carbonyl (C=O) groups excluding carboxylic acids is 1. The van der Waals surface area contributed by atoms with Crippen molar-refractivity contribution >= 4 is 6.03 Å². The van der Waals surface area contributed by atoms with Gasteiger partial charge in [0.15, 0.2) is 0 Å². The number of aromatic amines is 1. The third kappa shape index (κ3) is 4.25. The molecule has 3 N–H and O–H groups in total. The zero-order chi connectivity index (χ0) is 17.0. The van der Waals surface area contributed by atoms with Crippen molar-refractivity contribution in [2.24, 2.45) is 0 Å². The van der Waals surface area contributed by atoms with E-state index in [1.807, 2.05) is 32.9 Å². The van der Waals surface area contributed by atoms with E-state index < -0.39 is 0 Å². The average molecular weight is 316 g/mol. The normalized spacial score (nSPS) is 12.0. The molecule has 0 unspecified atom stereocenters. The number of hydrogen-bond acceptors (Lipinski definition) is 3. The second-order valence-corrected chi connectivity index (χ2v) is 5.90. The Morgan fingerprint density at radius 1 is 1.35 bits per heavy atom. The van der Waals surface area contributed by atoms with Gasteiger partial charge in [-0.3, -0.25) is 5.10 Å². The molecule has 0 aliphatic carbocycles. The van der Waals surface area contributed by atoms with Gasteiger partial charge in [0.05, 0.1) is 5.69 Å². The van der Waals surface area contributed by atoms with Crippen molar-refractivity contribution in [2.45, 2.75) is 39.8 Å². The smallest absolute Gasteiger partial charge is 0.317 e. The summed E-state index contributed by atoms with van der Waals surface area (Å²) in [5, 5.41) is 19.3. The van der Waals surface area contributed by atoms with Crippen LogP contribution in [0.5, 0.6) is 5.75 Å². The molecule has 124 valence electrons. The molecule has 0 saturated heterocycles. The first-order valence-corrected chi connectivity index (χ1v) is 7.67. The number of nitrogens with one attached hydrogen (secondary N) is 2. The Labute approximate surface area is 136 Å². The predicted octanol–water partition coefficient (Wildman–Crippen LogP) is 2.50. The summed E-state index contributed by atoms with van der Waals surface area (Å²) in [6.45, 7) is 6.32. The highest BCUT2D eigenvalue weighted by Gasteiger charge is 2.17. The van der Waals surface area contributed by atoms with Crippen molar-refractivity contribution in [3.63, 3.8) is 0 Å². The molecule has 23 heavy (non-hydrogen) atoms. The third-order valence-electron chi connectivity index (χ3n) is 4.15. The Morgan fingerprint density at radius 2 is 2.00 bits per heavy atom. The first kappa shape index (κ1) is 16.9. The van der Waals surface area contributed by atoms with Gasteiger partial charge in [-0.2, -0.15) is 5.10 Å². The molecule has 1 heterocycles. The number of benzene rings is 1. The van der Waals surface area contributed by atoms with E-state index in [1.165, 1.54) is 0 Å². The Morgan fingerprint density at radius 3 is 2.57 bits per heavy atom. The first-order valence-electron chi connectivity index (χ1n) is 7.67. The quantitative estimate of drug-likeness (QED) is 0.793. The van der Waals surface area contributed by atoms with Gasteiger partial charge in [-0.1, -0.05) is 12.1 Å². The maximum Gasteiger partial charge on any atom is 0.317 e. The fraction of sp³-hybridized carbons (Fsp3) is 0.412. The number of rotatable bonds is 5. The van der Waals surface area contributed by atoms with Crippen LogP contribution < -0.4 is 5.32 Å². The summed E-state index contributed by atoms with van der Waals surface area (Å²) in [5.74, 6) is 0.248. The Hall–Kier alpha value is -2.50. The van der Waals surface area contributed by atoms with Crippen molar-refractivity contribution in [1.82, 2.24) is 20.4 Å². The monoisotopic (exact) mass is 316 g/mol. The number of amides is 2. The molecular formula is C17H24N4O2. The Bertz CT molecular complexity index is 644. The summed E-state index contributed by atoms with van der Waals surface area (Å²) in [5.41, 5.74) is 3.99. The lowest BCUT2D eigenvalue weighted by Gasteiger charge is -2.25. The summed E-state index contributed by atoms with van der Waals surface area (Å²) in [6, 6.07) is 6.99. The molecule has 1 aromatic carbocycles. The zero-order valence-corrected chi connectivity index (χ0v) is 14.1. The van der Waals surface area contributed by atoms with Crippen LogP contribution in [0.1, 0.15) is 29.4 Å². The van der Waals surface area contributed by atoms with Gasteiger partial charge in [0.1, 0.15) is 5.75 Å². The van der Waals surface area contributed by atoms with E-state index in [2.05, 4.69) is 15.5 Å². The number of phenols is 1. The molecular weight excluding hydrogens is 292 g/mol. The Kier molecular flexibility index (Phi) is 5.26. The number of hydrogen-bond donors (Lipinski definition) is 3. The summed E-state index contributed by atoms with van der Waals surface area (Å²) in [6.07, 6.45) is 0.730. The second-order valence-electron chi connectivity index (χ2n) is 5.90. The lowest BCUT2D eigenvalue weighted by atomic mass is 10.1. The minimum Gasteiger partial charge on any atom is -0.508 e. The lowest BCUT2D eigenvalue weighted by Crippen LogP contribution is -2.43. The summed E-state index contributed by atoms with van der Waals surface area (Å²) < 4.78 is 0. The highest BCUT2D eigenvalue weighted by atomic mass is 16.3. The molecule has 0 aliphatic rings. The van der Waals surface area contributed by atoms with Gasteiger partial charge in [0, 0.05) is 30.9 Å². The molecule has 2 rings (SSSR count). The van der Waals surface area contributed by atoms with E-state index in [1.54, 1.807) is 24.1 Å². The Balaban J connectivity index is 1.89. The largest absolute Gasteiger partial charge is 0.508 e. The number of phenolic OH excluding ortho intramolecular Hbond substituents is 1. The standard InChI is InChI=1S/C17H24N4O2/c1-11(9-14-5-7-15(22)8-6-14)21(4)17(23)18-10-16-12(2)19-20-13(16)3/h5-8,11,22H,9-10H2,1-4H3,(H,18,23)(H,19,20)/t11-/m0/s1. The zero-order valence-electron chi connectivity index (χ0n) is 14.1. The van der Waals surface area contributed by atoms with Crippen LogP contribution in [0.2, 0.25) is 0 Å². The van der Waals surface area contributed by atoms with Gasteiger partial charge >= 0.3 is 6.03 Å². The van der Waals surface area contributed by atoms with Crippen LogP contribution in [0.15, 0.2) is 24.3 Å². The van der Waals surface area contributed by atoms with Crippen molar-refractivity contribution in [3.05, 3.63) is 46.8 Å². The molecule has 0 bridgehead atoms. The number of carbonyl (C=O) groups is 1. The fourth-order valence-corrected chi connectivity index (χ4v) is 2.43. The predicted molar refractivity (Wildman–Crippen MR) is 89.3 cm³/mol. The molecule has 0 aliphatic heterocycles. The number of aromatic nitrogens is 2. The third-order valence-corrected chi connectivity index (χ3v) is 4.15. The maximum atomic E-state index is 12.3. The fourth-order valence-electron chi connectivity index (χ4n) is 2.43. The molecule has 0 fully saturated rings. The van der Waals surface area contributed by atoms with Crippen LogP contribution in [0.25, 0.3) is 0 Å². The van der Waals surface area contributed by atoms with E-state index in [-0.39, 0.29) is 17.8 Å². The van der Waals surface area contributed by atoms with Gasteiger partial charge < -0.3 is 15.3 Å². The van der Waals surface area contributed by atoms with E-state index >= 15 is 0 Å². The topological polar surface area (TPSA) is 81.2 Å². The van der Waals surface area contributed by atoms with Crippen molar-refractivity contribution < 1.29 is 9.90 Å². The first-order chi connectivity index (χ1) is 10.9. The van der Waals surface area contributed by atoms with Crippen LogP contribution in [0.3, 0.4) is 0 Å². The highest BCUT2D eigenvalue weighted by Crippen LogP contribution is 2.13. The van der Waals surface area contributed by atoms with Crippen LogP contribution in [0, 0.1) is 13.8 Å². The lowest BCUT2D eigenvalue weighted by molar-refractivity contribution is 0.193. The molecule has 6 nitrogen and oxygen atoms in total. The average Bonchev–Trinajstić information content (AvgIpc) is 2.85. The van der Waals surface area contributed by atoms with Gasteiger partial charge in [-0.15, -0.1) is 0 Å². The molecule has 2 amide bonds. The molecule has 1 atom stereocenters. The molecule has 1 aromatic heterocycles. The number of H-pyrrole nitrogens is 1. The molecule has 0 spiro atoms. The maximum absolute atomic E-state index is 12.3. The molecule has 6 heteroatoms. The van der Waals surface area contributed by atoms with Gasteiger partial charge in [-0.25, -0.2) is 4.79 Å². The van der Waals surface area contributed by atoms with Crippen LogP contribution in [-0.2, 0) is 13.0 Å². The second kappa shape index (κ2) is 7.17. The van der Waals surface area contributed by atoms with Crippen LogP contribution in [0.4, 0.5) is 4.79 Å². The summed E-state index contributed by atoms with van der Waals surface area (Å²) in [4.78, 5) is 14.0. The molecule has 2 aromatic rings. The number of urea groups is 1. The SMILES string of the molecule is Cc1n[nH]c(C)c1CNC(=O)N(C)[C@@H](C)Cc1ccc(O)cc1. The van der Waals surface area contributed by atoms with E-state index in [4.69, 9.17) is 0 Å². The van der Waals surface area contributed by atoms with Gasteiger partial charge in [0.2, 0.25) is 0 Å². The number of aromatic hydroxyl groups is 1. The molecule has 0 radical (unpaired) electrons. The minimum absolute atomic E-state index is 0.0473. The summed E-state index contributed by atoms with van der Waals surface area (Å²) in [7, 11) is 1.79. The van der Waals surface area contributed by atoms with E-state index in [0.29, 0.717) is 6.54 Å². The molecule has 0 saturated carbocycles. The van der Waals surface area contributed by atoms with Crippen molar-refractivity contribution in [1.29, 1.82) is 0 Å². The van der Waals surface area contributed by atoms with Crippen LogP contribution >= 0.6 is 0 Å². The van der Waals surface area contributed by atoms with E-state index in [9.17, 15) is 9.90 Å². The van der Waals surface area contributed by atoms with E-state index in [0.717, 1.165) is 28.9 Å². The van der Waals surface area contributed by atoms with Crippen LogP contribution in [-0.4, -0.2) is 39.3 Å². The van der Waals surface area contributed by atoms with Gasteiger partial charge in [-0.05, 0) is 44.9 Å². The highest BCUT2D eigenvalue weighted by molar-refractivity contribution is 5.74.